The molecule has 2 heterocycles. The Morgan fingerprint density at radius 1 is 1.17 bits per heavy atom. The van der Waals surface area contributed by atoms with Gasteiger partial charge in [-0.15, -0.1) is 5.10 Å². The zero-order valence-corrected chi connectivity index (χ0v) is 16.9. The predicted molar refractivity (Wildman–Crippen MR) is 112 cm³/mol. The highest BCUT2D eigenvalue weighted by Crippen LogP contribution is 2.18. The van der Waals surface area contributed by atoms with Gasteiger partial charge in [-0.25, -0.2) is 0 Å². The Labute approximate surface area is 175 Å². The van der Waals surface area contributed by atoms with Crippen LogP contribution in [-0.2, 0) is 29.0 Å². The second-order valence-electron chi connectivity index (χ2n) is 7.27. The number of aliphatic carboxylic acids is 1. The van der Waals surface area contributed by atoms with Gasteiger partial charge in [-0.3, -0.25) is 19.3 Å². The van der Waals surface area contributed by atoms with Crippen LogP contribution >= 0.6 is 0 Å². The summed E-state index contributed by atoms with van der Waals surface area (Å²) >= 11 is 0. The number of carbonyl (C=O) groups excluding carboxylic acids is 1. The van der Waals surface area contributed by atoms with Crippen LogP contribution in [0.1, 0.15) is 30.9 Å². The average Bonchev–Trinajstić information content (AvgIpc) is 3.17. The minimum Gasteiger partial charge on any atom is -0.481 e. The second-order valence-corrected chi connectivity index (χ2v) is 7.27. The van der Waals surface area contributed by atoms with Gasteiger partial charge in [0.25, 0.3) is 0 Å². The summed E-state index contributed by atoms with van der Waals surface area (Å²) in [7, 11) is 0. The van der Waals surface area contributed by atoms with Crippen LogP contribution in [0, 0.1) is 0 Å². The number of amides is 1. The van der Waals surface area contributed by atoms with Gasteiger partial charge < -0.3 is 10.4 Å². The maximum Gasteiger partial charge on any atom is 0.303 e. The lowest BCUT2D eigenvalue weighted by Crippen LogP contribution is -2.35. The molecule has 0 aliphatic heterocycles. The predicted octanol–water partition coefficient (Wildman–Crippen LogP) is 2.49. The lowest BCUT2D eigenvalue weighted by molar-refractivity contribution is -0.137. The van der Waals surface area contributed by atoms with E-state index in [-0.39, 0.29) is 24.8 Å². The van der Waals surface area contributed by atoms with E-state index in [0.29, 0.717) is 18.7 Å². The molecule has 1 atom stereocenters. The van der Waals surface area contributed by atoms with Crippen molar-refractivity contribution < 1.29 is 14.7 Å². The third-order valence-corrected chi connectivity index (χ3v) is 4.60. The van der Waals surface area contributed by atoms with Crippen molar-refractivity contribution in [3.8, 4) is 11.3 Å². The molecule has 0 saturated heterocycles. The van der Waals surface area contributed by atoms with Crippen molar-refractivity contribution in [2.75, 3.05) is 0 Å². The molecule has 1 unspecified atom stereocenters. The third-order valence-electron chi connectivity index (χ3n) is 4.60. The van der Waals surface area contributed by atoms with E-state index in [9.17, 15) is 9.59 Å². The summed E-state index contributed by atoms with van der Waals surface area (Å²) in [4.78, 5) is 27.1. The SMILES string of the molecule is CC(Cc1ccncc1)NC(=O)Cc1cccc(-c2cn(CCCC(=O)O)nn2)c1. The van der Waals surface area contributed by atoms with Gasteiger partial charge in [-0.1, -0.05) is 23.4 Å². The Kier molecular flexibility index (Phi) is 7.26. The highest BCUT2D eigenvalue weighted by Gasteiger charge is 2.11. The van der Waals surface area contributed by atoms with E-state index in [1.807, 2.05) is 43.3 Å². The van der Waals surface area contributed by atoms with Gasteiger partial charge in [-0.2, -0.15) is 0 Å². The Morgan fingerprint density at radius 3 is 2.73 bits per heavy atom. The van der Waals surface area contributed by atoms with Crippen LogP contribution in [0.25, 0.3) is 11.3 Å². The fourth-order valence-corrected chi connectivity index (χ4v) is 3.21. The molecule has 0 aliphatic carbocycles. The lowest BCUT2D eigenvalue weighted by Gasteiger charge is -2.14. The number of nitrogens with one attached hydrogen (secondary N) is 1. The first-order valence-electron chi connectivity index (χ1n) is 9.89. The van der Waals surface area contributed by atoms with Crippen molar-refractivity contribution in [1.82, 2.24) is 25.3 Å². The maximum absolute atomic E-state index is 12.4. The van der Waals surface area contributed by atoms with Crippen LogP contribution in [-0.4, -0.2) is 43.0 Å². The molecular weight excluding hydrogens is 382 g/mol. The van der Waals surface area contributed by atoms with Gasteiger partial charge >= 0.3 is 5.97 Å². The van der Waals surface area contributed by atoms with E-state index < -0.39 is 5.97 Å². The monoisotopic (exact) mass is 407 g/mol. The van der Waals surface area contributed by atoms with E-state index >= 15 is 0 Å². The Morgan fingerprint density at radius 2 is 1.97 bits per heavy atom. The standard InChI is InChI=1S/C22H25N5O3/c1-16(12-17-7-9-23-10-8-17)24-21(28)14-18-4-2-5-19(13-18)20-15-27(26-25-20)11-3-6-22(29)30/h2,4-5,7-10,13,15-16H,3,6,11-12,14H2,1H3,(H,24,28)(H,29,30). The smallest absolute Gasteiger partial charge is 0.303 e. The number of aromatic nitrogens is 4. The summed E-state index contributed by atoms with van der Waals surface area (Å²) in [5.41, 5.74) is 3.58. The molecule has 3 aromatic rings. The molecule has 3 rings (SSSR count). The van der Waals surface area contributed by atoms with Crippen LogP contribution in [0.15, 0.2) is 55.0 Å². The largest absolute Gasteiger partial charge is 0.481 e. The number of hydrogen-bond donors (Lipinski definition) is 2. The topological polar surface area (TPSA) is 110 Å². The van der Waals surface area contributed by atoms with Crippen molar-refractivity contribution in [3.63, 3.8) is 0 Å². The molecule has 0 bridgehead atoms. The van der Waals surface area contributed by atoms with Crippen molar-refractivity contribution in [2.45, 2.75) is 45.2 Å². The zero-order valence-electron chi connectivity index (χ0n) is 16.9. The van der Waals surface area contributed by atoms with Gasteiger partial charge in [-0.05, 0) is 49.1 Å². The van der Waals surface area contributed by atoms with Crippen LogP contribution in [0.4, 0.5) is 0 Å². The minimum atomic E-state index is -0.823. The first-order valence-corrected chi connectivity index (χ1v) is 9.89. The molecule has 8 heteroatoms. The molecule has 8 nitrogen and oxygen atoms in total. The summed E-state index contributed by atoms with van der Waals surface area (Å²) in [5.74, 6) is -0.859. The first kappa shape index (κ1) is 21.2. The summed E-state index contributed by atoms with van der Waals surface area (Å²) in [6.07, 6.45) is 6.91. The average molecular weight is 407 g/mol. The van der Waals surface area contributed by atoms with E-state index in [1.165, 1.54) is 0 Å². The maximum atomic E-state index is 12.4. The summed E-state index contributed by atoms with van der Waals surface area (Å²) in [5, 5.41) is 20.0. The highest BCUT2D eigenvalue weighted by atomic mass is 16.4. The van der Waals surface area contributed by atoms with Crippen molar-refractivity contribution in [2.24, 2.45) is 0 Å². The van der Waals surface area contributed by atoms with Crippen LogP contribution < -0.4 is 5.32 Å². The molecule has 0 aliphatic rings. The molecule has 156 valence electrons. The van der Waals surface area contributed by atoms with Gasteiger partial charge in [0.1, 0.15) is 5.69 Å². The fourth-order valence-electron chi connectivity index (χ4n) is 3.21. The second kappa shape index (κ2) is 10.3. The Hall–Kier alpha value is -3.55. The third kappa shape index (κ3) is 6.51. The van der Waals surface area contributed by atoms with E-state index in [1.54, 1.807) is 23.3 Å². The number of carboxylic acids is 1. The molecule has 1 amide bonds. The number of carbonyl (C=O) groups is 2. The Balaban J connectivity index is 1.55. The molecular formula is C22H25N5O3. The molecule has 0 spiro atoms. The van der Waals surface area contributed by atoms with Gasteiger partial charge in [0.2, 0.25) is 5.91 Å². The van der Waals surface area contributed by atoms with Crippen LogP contribution in [0.3, 0.4) is 0 Å². The number of hydrogen-bond acceptors (Lipinski definition) is 5. The summed E-state index contributed by atoms with van der Waals surface area (Å²) in [6.45, 7) is 2.48. The molecule has 30 heavy (non-hydrogen) atoms. The molecule has 0 radical (unpaired) electrons. The first-order chi connectivity index (χ1) is 14.5. The minimum absolute atomic E-state index is 0.0220. The number of nitrogens with zero attached hydrogens (tertiary/aromatic N) is 4. The number of benzene rings is 1. The number of rotatable bonds is 10. The van der Waals surface area contributed by atoms with E-state index in [2.05, 4.69) is 20.6 Å². The summed E-state index contributed by atoms with van der Waals surface area (Å²) in [6, 6.07) is 11.6. The zero-order chi connectivity index (χ0) is 21.3. The van der Waals surface area contributed by atoms with Crippen molar-refractivity contribution in [1.29, 1.82) is 0 Å². The normalized spacial score (nSPS) is 11.8. The van der Waals surface area contributed by atoms with Gasteiger partial charge in [0, 0.05) is 37.0 Å². The van der Waals surface area contributed by atoms with E-state index in [4.69, 9.17) is 5.11 Å². The van der Waals surface area contributed by atoms with Crippen LogP contribution in [0.2, 0.25) is 0 Å². The number of carboxylic acid groups (broad SMARTS) is 1. The molecule has 2 N–H and O–H groups in total. The molecule has 2 aromatic heterocycles. The molecule has 0 fully saturated rings. The molecule has 1 aromatic carbocycles. The van der Waals surface area contributed by atoms with E-state index in [0.717, 1.165) is 23.1 Å². The van der Waals surface area contributed by atoms with Crippen molar-refractivity contribution >= 4 is 11.9 Å². The Bertz CT molecular complexity index is 987. The number of aryl methyl sites for hydroxylation is 1. The quantitative estimate of drug-likeness (QED) is 0.534. The van der Waals surface area contributed by atoms with Crippen molar-refractivity contribution in [3.05, 3.63) is 66.1 Å². The van der Waals surface area contributed by atoms with Crippen LogP contribution in [0.5, 0.6) is 0 Å². The van der Waals surface area contributed by atoms with Gasteiger partial charge in [0.15, 0.2) is 0 Å². The highest BCUT2D eigenvalue weighted by molar-refractivity contribution is 5.79. The van der Waals surface area contributed by atoms with Gasteiger partial charge in [0.05, 0.1) is 12.6 Å². The number of pyridine rings is 1. The summed E-state index contributed by atoms with van der Waals surface area (Å²) < 4.78 is 1.64. The molecule has 0 saturated carbocycles. The lowest BCUT2D eigenvalue weighted by atomic mass is 10.1. The fraction of sp³-hybridized carbons (Fsp3) is 0.318.